The van der Waals surface area contributed by atoms with Crippen LogP contribution >= 0.6 is 45.8 Å². The van der Waals surface area contributed by atoms with Crippen molar-refractivity contribution < 1.29 is 9.15 Å². The quantitative estimate of drug-likeness (QED) is 0.0434. The highest BCUT2D eigenvalue weighted by molar-refractivity contribution is 8.14. The van der Waals surface area contributed by atoms with Crippen LogP contribution in [0.2, 0.25) is 0 Å². The number of hydrogen-bond donors (Lipinski definition) is 12. The van der Waals surface area contributed by atoms with Crippen molar-refractivity contribution in [2.24, 2.45) is 56.4 Å². The third-order valence-corrected chi connectivity index (χ3v) is 21.1. The van der Waals surface area contributed by atoms with Gasteiger partial charge in [0.25, 0.3) is 0 Å². The second kappa shape index (κ2) is 95.9. The molecule has 31 nitrogen and oxygen atoms in total. The molecule has 17 heterocycles. The maximum atomic E-state index is 7.31. The molecule has 1 aromatic carbocycles. The summed E-state index contributed by atoms with van der Waals surface area (Å²) in [6.45, 7) is 62.7. The summed E-state index contributed by atoms with van der Waals surface area (Å²) in [6.07, 6.45) is 26.0. The number of nitrogens with two attached hydrogens (primary N) is 2. The van der Waals surface area contributed by atoms with Crippen molar-refractivity contribution in [3.8, 4) is 12.3 Å². The number of likely N-dealkylation sites (N-methyl/N-ethyl adjacent to an activating group) is 2. The van der Waals surface area contributed by atoms with E-state index in [2.05, 4.69) is 238 Å². The molecule has 8 aromatic rings. The van der Waals surface area contributed by atoms with Gasteiger partial charge in [-0.2, -0.15) is 11.3 Å². The van der Waals surface area contributed by atoms with Gasteiger partial charge >= 0.3 is 0 Å². The van der Waals surface area contributed by atoms with Gasteiger partial charge in [-0.15, -0.1) is 46.8 Å². The van der Waals surface area contributed by atoms with Crippen molar-refractivity contribution in [1.29, 1.82) is 21.6 Å². The fraction of sp³-hybridized carbons (Fsp3) is 0.514. The van der Waals surface area contributed by atoms with Crippen molar-refractivity contribution in [3.05, 3.63) is 212 Å². The first-order valence-corrected chi connectivity index (χ1v) is 51.4. The van der Waals surface area contributed by atoms with Gasteiger partial charge in [0.05, 0.1) is 84.1 Å². The van der Waals surface area contributed by atoms with Crippen LogP contribution in [0.15, 0.2) is 217 Å². The molecule has 778 valence electrons. The van der Waals surface area contributed by atoms with Gasteiger partial charge < -0.3 is 77.5 Å². The van der Waals surface area contributed by atoms with Gasteiger partial charge in [0.1, 0.15) is 12.4 Å². The molecular weight excluding hydrogens is 1830 g/mol. The molecule has 140 heavy (non-hydrogen) atoms. The molecule has 0 radical (unpaired) electrons. The molecule has 0 spiro atoms. The number of thiophene rings is 2. The molecule has 0 unspecified atom stereocenters. The Bertz CT molecular complexity index is 4150. The summed E-state index contributed by atoms with van der Waals surface area (Å²) in [5, 5.41) is 56.4. The third-order valence-electron chi connectivity index (χ3n) is 17.9. The summed E-state index contributed by atoms with van der Waals surface area (Å²) in [4.78, 5) is 61.8. The molecule has 3 fully saturated rings. The van der Waals surface area contributed by atoms with Crippen LogP contribution in [-0.2, 0) is 4.74 Å². The molecule has 10 aliphatic heterocycles. The topological polar surface area (TPSA) is 418 Å². The standard InChI is InChI=1S/C7H14N2.C7H8.C6H12N2.3C6H7N.2C5H11N3.2C5H10N2.C5H9N.C5H6O.2C5H6S.C4H9N3.C4H7NO.C4H7NS.C4H5NS.C3H8N2.C3H7N.C3H4.C2H6N2/c1-7(8)9-5-3-2-4-6-9;1-7-5-3-2-4-6-7;1-6(7)8-4-2-3-5-8;1-6-2-4-7-5-3-6;1-6-3-2-4-7-5-6;1-6-4-2-3-5-7-6;2*1-2-6-5-7-3-4-8-5;2*1-5-6-3-4-7(5)2;2*1-5-3-2-4-6-5;1-5-2-3-6-4-5;1-5-3-2-4-6-5;1-5-4-6-2-3-7-4;3*1-4-5-2-3-6-4;1-3(4)5-2;1-3(2)4;1-3-2;1-2(3)4/h8H,2-6H2,1H3;2-6H,1H3;7H,2-5H2,1H3;3*2-5H,1H3;2*2-4H2,1H3,(H2,6,7,8);2*3-4H2,1-2H3;2-4H2,1H3;3*2-4H,1H3;2-3H2,1H3,(H2,5,6,7);2*2-3H2,1H3;2-3H,1H3;1-2H3,(H2,4,5);4H,1-2H3;1H,2H3;1H3,(H3,3,4). The highest BCUT2D eigenvalue weighted by Crippen LogP contribution is 2.11. The average molecular weight is 2010 g/mol. The van der Waals surface area contributed by atoms with Gasteiger partial charge in [-0.3, -0.25) is 81.1 Å². The zero-order valence-electron chi connectivity index (χ0n) is 89.7. The van der Waals surface area contributed by atoms with Crippen molar-refractivity contribution >= 4 is 121 Å². The predicted octanol–water partition coefficient (Wildman–Crippen LogP) is 19.3. The summed E-state index contributed by atoms with van der Waals surface area (Å²) in [6, 6.07) is 34.1. The zero-order chi connectivity index (χ0) is 105. The SMILES string of the molecule is C#CC.CC(=N)N.CC(=N)N1CCCC1.CC(=N)N1CCCCC1.CC(C)=N.CC1=NCCC1.CC1=NCCN1C.CC1=NCCN1C.CC1=NCCO1.CC1=NCCS1.CCNC1=NCCN1.CCNC1=NCCN1.CN=C(C)N.CN=C1NCCN1.Cc1ccccc1.Cc1ccccn1.Cc1cccnc1.Cc1ccco1.Cc1cccs1.Cc1ccncc1.Cc1ccsc1.Cc1nccs1. The number of aryl methyl sites for hydroxylation is 8. The number of nitrogens with zero attached hydrogens (tertiary/aromatic N) is 17. The lowest BCUT2D eigenvalue weighted by atomic mass is 10.1. The number of guanidine groups is 3. The first-order chi connectivity index (χ1) is 67.0. The first kappa shape index (κ1) is 134. The maximum Gasteiger partial charge on any atom is 0.191 e. The number of ether oxygens (including phenoxy) is 1. The molecular formula is C105H177N29O2S4. The molecule has 3 saturated heterocycles. The van der Waals surface area contributed by atoms with E-state index in [1.54, 1.807) is 113 Å². The van der Waals surface area contributed by atoms with E-state index < -0.39 is 0 Å². The van der Waals surface area contributed by atoms with Gasteiger partial charge in [-0.25, -0.2) is 0 Å². The van der Waals surface area contributed by atoms with Gasteiger partial charge in [0, 0.05) is 197 Å². The lowest BCUT2D eigenvalue weighted by Crippen LogP contribution is -2.33. The number of thiazole rings is 1. The minimum Gasteiger partial charge on any atom is -0.479 e. The number of aliphatic imine (C=N–C) groups is 9. The number of benzene rings is 1. The van der Waals surface area contributed by atoms with E-state index in [0.717, 1.165) is 183 Å². The van der Waals surface area contributed by atoms with Gasteiger partial charge in [0.15, 0.2) is 23.8 Å². The Morgan fingerprint density at radius 2 is 1.04 bits per heavy atom. The average Bonchev–Trinajstić information content (AvgIpc) is 1.40. The Hall–Kier alpha value is -12.0. The zero-order valence-corrected chi connectivity index (χ0v) is 93.0. The maximum absolute atomic E-state index is 7.31. The number of pyridine rings is 3. The van der Waals surface area contributed by atoms with Gasteiger partial charge in [-0.1, -0.05) is 54.1 Å². The van der Waals surface area contributed by atoms with E-state index >= 15 is 0 Å². The lowest BCUT2D eigenvalue weighted by Gasteiger charge is -2.27. The van der Waals surface area contributed by atoms with Crippen LogP contribution < -0.4 is 43.4 Å². The highest BCUT2D eigenvalue weighted by atomic mass is 32.2. The van der Waals surface area contributed by atoms with Gasteiger partial charge in [-0.05, 0) is 278 Å². The largest absolute Gasteiger partial charge is 0.479 e. The van der Waals surface area contributed by atoms with E-state index in [9.17, 15) is 0 Å². The number of thioether (sulfide) groups is 1. The van der Waals surface area contributed by atoms with Crippen molar-refractivity contribution in [2.45, 2.75) is 197 Å². The Balaban J connectivity index is -0.000000694. The Labute approximate surface area is 860 Å². The minimum absolute atomic E-state index is 0.167. The molecule has 18 rings (SSSR count). The number of rotatable bonds is 2. The van der Waals surface area contributed by atoms with E-state index in [-0.39, 0.29) is 5.84 Å². The summed E-state index contributed by atoms with van der Waals surface area (Å²) in [5.41, 5.74) is 18.0. The summed E-state index contributed by atoms with van der Waals surface area (Å²) in [5.74, 6) is 12.7. The molecule has 0 saturated carbocycles. The highest BCUT2D eigenvalue weighted by Gasteiger charge is 2.12. The van der Waals surface area contributed by atoms with Crippen LogP contribution in [0, 0.1) is 89.4 Å². The number of amidine groups is 6. The normalized spacial score (nSPS) is 14.1. The van der Waals surface area contributed by atoms with E-state index in [1.807, 2.05) is 165 Å². The van der Waals surface area contributed by atoms with Crippen LogP contribution in [0.4, 0.5) is 0 Å². The molecule has 0 atom stereocenters. The molecule has 0 aliphatic carbocycles. The lowest BCUT2D eigenvalue weighted by molar-refractivity contribution is 0.339. The molecule has 0 amide bonds. The number of hydrogen-bond acceptors (Lipinski definition) is 29. The second-order valence-corrected chi connectivity index (χ2v) is 35.8. The minimum atomic E-state index is 0.167. The Kier molecular flexibility index (Phi) is 92.0. The van der Waals surface area contributed by atoms with Crippen LogP contribution in [0.1, 0.15) is 185 Å². The molecule has 35 heteroatoms. The van der Waals surface area contributed by atoms with Crippen LogP contribution in [0.3, 0.4) is 0 Å². The number of likely N-dealkylation sites (tertiary alicyclic amines) is 2. The molecule has 7 aromatic heterocycles. The van der Waals surface area contributed by atoms with Crippen molar-refractivity contribution in [3.63, 3.8) is 0 Å². The smallest absolute Gasteiger partial charge is 0.191 e. The second-order valence-electron chi connectivity index (χ2n) is 31.4. The molecule has 14 N–H and O–H groups in total. The van der Waals surface area contributed by atoms with Crippen molar-refractivity contribution in [2.75, 3.05) is 165 Å². The predicted molar refractivity (Wildman–Crippen MR) is 614 cm³/mol. The number of aromatic nitrogens is 4. The fourth-order valence-corrected chi connectivity index (χ4v) is 12.6. The molecule has 0 bridgehead atoms. The van der Waals surface area contributed by atoms with E-state index in [0.29, 0.717) is 11.5 Å². The monoisotopic (exact) mass is 2000 g/mol. The fourth-order valence-electron chi connectivity index (χ4n) is 10.3. The van der Waals surface area contributed by atoms with Crippen molar-refractivity contribution in [1.82, 2.24) is 71.4 Å². The number of furan rings is 1. The van der Waals surface area contributed by atoms with Crippen LogP contribution in [0.25, 0.3) is 0 Å². The van der Waals surface area contributed by atoms with Gasteiger partial charge in [0.2, 0.25) is 0 Å². The molecule has 10 aliphatic rings. The Morgan fingerprint density at radius 3 is 1.22 bits per heavy atom. The number of terminal acetylenes is 1. The summed E-state index contributed by atoms with van der Waals surface area (Å²) < 4.78 is 9.74. The summed E-state index contributed by atoms with van der Waals surface area (Å²) >= 11 is 7.03. The van der Waals surface area contributed by atoms with E-state index in [4.69, 9.17) is 42.3 Å². The number of piperidine rings is 1. The van der Waals surface area contributed by atoms with Crippen LogP contribution in [0.5, 0.6) is 0 Å². The van der Waals surface area contributed by atoms with E-state index in [1.165, 1.54) is 107 Å². The number of nitrogens with one attached hydrogen (secondary N) is 10. The Morgan fingerprint density at radius 1 is 0.507 bits per heavy atom. The first-order valence-electron chi connectivity index (χ1n) is 47.7. The third kappa shape index (κ3) is 96.3. The van der Waals surface area contributed by atoms with Crippen LogP contribution in [-0.4, -0.2) is 280 Å². The summed E-state index contributed by atoms with van der Waals surface area (Å²) in [7, 11) is 7.55.